The minimum Gasteiger partial charge on any atom is -0.356 e. The number of carbonyl (C=O) groups excluding carboxylic acids is 2. The average molecular weight is 395 g/mol. The smallest absolute Gasteiger partial charge is 0.225 e. The fraction of sp³-hybridized carbons (Fsp3) is 0.909. The van der Waals surface area contributed by atoms with Crippen molar-refractivity contribution in [2.24, 2.45) is 11.8 Å². The van der Waals surface area contributed by atoms with Crippen molar-refractivity contribution in [3.05, 3.63) is 0 Å². The Bertz CT molecular complexity index is 543. The minimum absolute atomic E-state index is 0.00672. The van der Waals surface area contributed by atoms with Crippen LogP contribution in [0.5, 0.6) is 0 Å². The highest BCUT2D eigenvalue weighted by molar-refractivity contribution is 5.81. The van der Waals surface area contributed by atoms with Crippen molar-refractivity contribution in [3.8, 4) is 0 Å². The van der Waals surface area contributed by atoms with Crippen LogP contribution in [-0.2, 0) is 9.59 Å². The van der Waals surface area contributed by atoms with Crippen molar-refractivity contribution in [1.82, 2.24) is 21.3 Å². The molecule has 0 spiro atoms. The lowest BCUT2D eigenvalue weighted by atomic mass is 9.86. The van der Waals surface area contributed by atoms with Gasteiger partial charge in [0.1, 0.15) is 0 Å². The molecule has 2 aliphatic heterocycles. The molecular formula is C22H42N4O2. The summed E-state index contributed by atoms with van der Waals surface area (Å²) < 4.78 is 0. The summed E-state index contributed by atoms with van der Waals surface area (Å²) in [7, 11) is 0. The van der Waals surface area contributed by atoms with Crippen LogP contribution in [0.3, 0.4) is 0 Å². The van der Waals surface area contributed by atoms with Crippen molar-refractivity contribution >= 4 is 11.8 Å². The summed E-state index contributed by atoms with van der Waals surface area (Å²) in [5.41, 5.74) is -0.380. The Labute approximate surface area is 171 Å². The zero-order valence-electron chi connectivity index (χ0n) is 19.2. The molecule has 2 saturated heterocycles. The Morgan fingerprint density at radius 1 is 0.714 bits per heavy atom. The first-order valence-corrected chi connectivity index (χ1v) is 10.8. The van der Waals surface area contributed by atoms with Crippen LogP contribution in [0.25, 0.3) is 0 Å². The number of carbonyl (C=O) groups is 2. The van der Waals surface area contributed by atoms with Crippen LogP contribution in [0.4, 0.5) is 0 Å². The lowest BCUT2D eigenvalue weighted by molar-refractivity contribution is -0.127. The second-order valence-corrected chi connectivity index (χ2v) is 11.3. The van der Waals surface area contributed by atoms with Crippen molar-refractivity contribution in [3.63, 3.8) is 0 Å². The summed E-state index contributed by atoms with van der Waals surface area (Å²) in [5.74, 6) is 0.242. The summed E-state index contributed by atoms with van der Waals surface area (Å²) in [6, 6.07) is 0. The quantitative estimate of drug-likeness (QED) is 0.500. The van der Waals surface area contributed by atoms with Crippen LogP contribution in [0.15, 0.2) is 0 Å². The van der Waals surface area contributed by atoms with Gasteiger partial charge in [0.2, 0.25) is 11.8 Å². The fourth-order valence-corrected chi connectivity index (χ4v) is 5.31. The zero-order valence-corrected chi connectivity index (χ0v) is 19.2. The maximum atomic E-state index is 12.6. The van der Waals surface area contributed by atoms with Gasteiger partial charge in [-0.2, -0.15) is 0 Å². The number of hydrogen-bond donors (Lipinski definition) is 4. The Balaban J connectivity index is 1.66. The molecular weight excluding hydrogens is 352 g/mol. The Morgan fingerprint density at radius 3 is 1.29 bits per heavy atom. The van der Waals surface area contributed by atoms with E-state index >= 15 is 0 Å². The van der Waals surface area contributed by atoms with E-state index in [1.165, 1.54) is 0 Å². The van der Waals surface area contributed by atoms with Gasteiger partial charge >= 0.3 is 0 Å². The molecule has 2 atom stereocenters. The Kier molecular flexibility index (Phi) is 6.56. The molecule has 2 unspecified atom stereocenters. The van der Waals surface area contributed by atoms with Crippen LogP contribution < -0.4 is 21.3 Å². The molecule has 2 fully saturated rings. The van der Waals surface area contributed by atoms with Crippen LogP contribution in [0.2, 0.25) is 0 Å². The van der Waals surface area contributed by atoms with Crippen LogP contribution in [0, 0.1) is 11.8 Å². The molecule has 2 aliphatic rings. The van der Waals surface area contributed by atoms with E-state index in [4.69, 9.17) is 0 Å². The third-order valence-electron chi connectivity index (χ3n) is 6.33. The van der Waals surface area contributed by atoms with E-state index in [9.17, 15) is 9.59 Å². The standard InChI is InChI=1S/C22H42N4O2/c1-19(2)13-15(21(5,6)25-19)17(27)23-11-9-10-12-24-18(28)16-14-20(3,4)26-22(16,7)8/h15-16,25-26H,9-14H2,1-8H3,(H,23,27)(H,24,28). The predicted molar refractivity (Wildman–Crippen MR) is 114 cm³/mol. The second-order valence-electron chi connectivity index (χ2n) is 11.3. The van der Waals surface area contributed by atoms with Crippen molar-refractivity contribution < 1.29 is 9.59 Å². The highest BCUT2D eigenvalue weighted by Gasteiger charge is 2.48. The molecule has 2 rings (SSSR count). The van der Waals surface area contributed by atoms with Gasteiger partial charge in [-0.3, -0.25) is 9.59 Å². The minimum atomic E-state index is -0.183. The molecule has 0 saturated carbocycles. The molecule has 162 valence electrons. The zero-order chi connectivity index (χ0) is 21.4. The molecule has 2 heterocycles. The van der Waals surface area contributed by atoms with Gasteiger partial charge in [-0.1, -0.05) is 0 Å². The van der Waals surface area contributed by atoms with E-state index in [2.05, 4.69) is 76.7 Å². The molecule has 6 nitrogen and oxygen atoms in total. The fourth-order valence-electron chi connectivity index (χ4n) is 5.31. The number of hydrogen-bond acceptors (Lipinski definition) is 4. The summed E-state index contributed by atoms with van der Waals surface area (Å²) in [6.45, 7) is 18.3. The van der Waals surface area contributed by atoms with Gasteiger partial charge in [0.15, 0.2) is 0 Å². The molecule has 4 N–H and O–H groups in total. The number of unbranched alkanes of at least 4 members (excludes halogenated alkanes) is 1. The van der Waals surface area contributed by atoms with E-state index in [0.717, 1.165) is 25.7 Å². The first-order chi connectivity index (χ1) is 12.7. The van der Waals surface area contributed by atoms with Gasteiger partial charge in [0.05, 0.1) is 11.8 Å². The lowest BCUT2D eigenvalue weighted by Crippen LogP contribution is -2.48. The molecule has 0 aromatic heterocycles. The highest BCUT2D eigenvalue weighted by atomic mass is 16.2. The van der Waals surface area contributed by atoms with Gasteiger partial charge in [-0.05, 0) is 81.1 Å². The van der Waals surface area contributed by atoms with Crippen molar-refractivity contribution in [1.29, 1.82) is 0 Å². The van der Waals surface area contributed by atoms with Crippen LogP contribution in [-0.4, -0.2) is 47.1 Å². The van der Waals surface area contributed by atoms with E-state index in [1.54, 1.807) is 0 Å². The Morgan fingerprint density at radius 2 is 1.04 bits per heavy atom. The predicted octanol–water partition coefficient (Wildman–Crippen LogP) is 2.33. The molecule has 0 aromatic rings. The van der Waals surface area contributed by atoms with Crippen LogP contribution in [0.1, 0.15) is 81.1 Å². The summed E-state index contributed by atoms with van der Waals surface area (Å²) in [4.78, 5) is 25.1. The monoisotopic (exact) mass is 394 g/mol. The van der Waals surface area contributed by atoms with Crippen molar-refractivity contribution in [2.75, 3.05) is 13.1 Å². The summed E-state index contributed by atoms with van der Waals surface area (Å²) >= 11 is 0. The van der Waals surface area contributed by atoms with Crippen molar-refractivity contribution in [2.45, 2.75) is 103 Å². The third kappa shape index (κ3) is 5.69. The third-order valence-corrected chi connectivity index (χ3v) is 6.33. The first-order valence-electron chi connectivity index (χ1n) is 10.8. The molecule has 0 bridgehead atoms. The maximum absolute atomic E-state index is 12.6. The SMILES string of the molecule is CC1(C)CC(C(=O)NCCCCNC(=O)C2CC(C)(C)NC2(C)C)C(C)(C)N1. The van der Waals surface area contributed by atoms with Gasteiger partial charge in [0.25, 0.3) is 0 Å². The van der Waals surface area contributed by atoms with Gasteiger partial charge in [-0.25, -0.2) is 0 Å². The average Bonchev–Trinajstić information content (AvgIpc) is 2.87. The first kappa shape index (κ1) is 23.1. The highest BCUT2D eigenvalue weighted by Crippen LogP contribution is 2.36. The molecule has 0 radical (unpaired) electrons. The number of rotatable bonds is 7. The Hall–Kier alpha value is -1.14. The number of amides is 2. The number of nitrogens with one attached hydrogen (secondary N) is 4. The lowest BCUT2D eigenvalue weighted by Gasteiger charge is -2.28. The molecule has 0 aliphatic carbocycles. The van der Waals surface area contributed by atoms with E-state index in [1.807, 2.05) is 0 Å². The maximum Gasteiger partial charge on any atom is 0.225 e. The topological polar surface area (TPSA) is 82.3 Å². The second kappa shape index (κ2) is 7.94. The molecule has 6 heteroatoms. The summed E-state index contributed by atoms with van der Waals surface area (Å²) in [5, 5.41) is 13.3. The van der Waals surface area contributed by atoms with Gasteiger partial charge in [0, 0.05) is 35.2 Å². The largest absolute Gasteiger partial charge is 0.356 e. The van der Waals surface area contributed by atoms with Gasteiger partial charge in [-0.15, -0.1) is 0 Å². The van der Waals surface area contributed by atoms with Gasteiger partial charge < -0.3 is 21.3 Å². The molecule has 2 amide bonds. The van der Waals surface area contributed by atoms with Crippen LogP contribution >= 0.6 is 0 Å². The normalized spacial score (nSPS) is 29.4. The summed E-state index contributed by atoms with van der Waals surface area (Å²) in [6.07, 6.45) is 3.44. The molecule has 0 aromatic carbocycles. The van der Waals surface area contributed by atoms with E-state index in [-0.39, 0.29) is 45.8 Å². The molecule has 28 heavy (non-hydrogen) atoms. The van der Waals surface area contributed by atoms with E-state index in [0.29, 0.717) is 13.1 Å². The van der Waals surface area contributed by atoms with E-state index < -0.39 is 0 Å².